The molecule has 14 heteroatoms. The first-order valence-electron chi connectivity index (χ1n) is 11.1. The number of methoxy groups -OCH3 is 1. The van der Waals surface area contributed by atoms with Crippen LogP contribution in [0.2, 0.25) is 0 Å². The van der Waals surface area contributed by atoms with Gasteiger partial charge in [0.1, 0.15) is 17.7 Å². The molecule has 3 heterocycles. The van der Waals surface area contributed by atoms with Gasteiger partial charge in [0.2, 0.25) is 5.82 Å². The molecule has 0 radical (unpaired) electrons. The largest absolute Gasteiger partial charge is 0.453 e. The predicted octanol–water partition coefficient (Wildman–Crippen LogP) is -1.89. The van der Waals surface area contributed by atoms with Gasteiger partial charge in [0.25, 0.3) is 5.91 Å². The highest BCUT2D eigenvalue weighted by atomic mass is 16.6. The zero-order chi connectivity index (χ0) is 25.1. The van der Waals surface area contributed by atoms with Crippen molar-refractivity contribution < 1.29 is 34.4 Å². The van der Waals surface area contributed by atoms with E-state index in [9.17, 15) is 19.8 Å². The third-order valence-corrected chi connectivity index (χ3v) is 5.63. The standard InChI is InChI=1S/C21H27N7O7/c1-34-21(33)27(8-3-9-29)7-2-4-12-25-17(22)13-18(26-12)28(10-23-13)20-15(31)14(30)16(35-20)19(32)24-11-5-6-11/h10-11,14-16,20,29-31H,3,5-9H2,1H3,(H,24,32)(H2,22,25,26)/t14?,15?,16-,20+/m0/s1. The first-order chi connectivity index (χ1) is 16.8. The number of anilines is 1. The molecule has 14 nitrogen and oxygen atoms in total. The number of rotatable bonds is 7. The van der Waals surface area contributed by atoms with Gasteiger partial charge < -0.3 is 35.8 Å². The molecule has 2 aliphatic rings. The van der Waals surface area contributed by atoms with Crippen molar-refractivity contribution in [3.8, 4) is 11.8 Å². The van der Waals surface area contributed by atoms with Crippen LogP contribution in [0.3, 0.4) is 0 Å². The maximum absolute atomic E-state index is 12.4. The Morgan fingerprint density at radius 1 is 1.34 bits per heavy atom. The van der Waals surface area contributed by atoms with Gasteiger partial charge in [-0.2, -0.15) is 0 Å². The molecule has 1 saturated heterocycles. The first kappa shape index (κ1) is 24.6. The van der Waals surface area contributed by atoms with E-state index in [0.29, 0.717) is 6.42 Å². The molecule has 4 rings (SSSR count). The molecule has 1 aliphatic carbocycles. The van der Waals surface area contributed by atoms with Gasteiger partial charge in [0, 0.05) is 19.2 Å². The number of fused-ring (bicyclic) bond motifs is 1. The van der Waals surface area contributed by atoms with Crippen LogP contribution in [-0.4, -0.2) is 103 Å². The summed E-state index contributed by atoms with van der Waals surface area (Å²) in [4.78, 5) is 38.2. The first-order valence-corrected chi connectivity index (χ1v) is 11.1. The molecule has 2 aromatic heterocycles. The zero-order valence-electron chi connectivity index (χ0n) is 19.0. The number of aliphatic hydroxyl groups excluding tert-OH is 3. The highest BCUT2D eigenvalue weighted by Gasteiger charge is 2.48. The van der Waals surface area contributed by atoms with Crippen molar-refractivity contribution in [3.05, 3.63) is 12.2 Å². The van der Waals surface area contributed by atoms with E-state index in [-0.39, 0.29) is 48.5 Å². The fraction of sp³-hybridized carbons (Fsp3) is 0.571. The fourth-order valence-electron chi connectivity index (χ4n) is 3.64. The van der Waals surface area contributed by atoms with Gasteiger partial charge in [-0.1, -0.05) is 5.92 Å². The molecule has 188 valence electrons. The summed E-state index contributed by atoms with van der Waals surface area (Å²) in [6.07, 6.45) is -2.44. The highest BCUT2D eigenvalue weighted by Crippen LogP contribution is 2.33. The molecule has 4 atom stereocenters. The van der Waals surface area contributed by atoms with Crippen LogP contribution in [0.15, 0.2) is 6.33 Å². The predicted molar refractivity (Wildman–Crippen MR) is 119 cm³/mol. The number of aromatic nitrogens is 4. The summed E-state index contributed by atoms with van der Waals surface area (Å²) in [6.45, 7) is 0.164. The van der Waals surface area contributed by atoms with Gasteiger partial charge in [0.05, 0.1) is 20.0 Å². The van der Waals surface area contributed by atoms with E-state index in [1.54, 1.807) is 0 Å². The van der Waals surface area contributed by atoms with Crippen molar-refractivity contribution >= 4 is 29.0 Å². The second-order valence-corrected chi connectivity index (χ2v) is 8.24. The van der Waals surface area contributed by atoms with Crippen molar-refractivity contribution in [1.29, 1.82) is 0 Å². The molecule has 2 amide bonds. The number of nitrogen functional groups attached to an aromatic ring is 1. The maximum Gasteiger partial charge on any atom is 0.410 e. The molecule has 2 fully saturated rings. The number of imidazole rings is 1. The molecule has 1 saturated carbocycles. The van der Waals surface area contributed by atoms with Gasteiger partial charge >= 0.3 is 6.09 Å². The minimum atomic E-state index is -1.45. The number of nitrogens with two attached hydrogens (primary N) is 1. The van der Waals surface area contributed by atoms with Crippen LogP contribution in [0.5, 0.6) is 0 Å². The van der Waals surface area contributed by atoms with Gasteiger partial charge in [-0.25, -0.2) is 19.7 Å². The molecule has 2 aromatic rings. The SMILES string of the molecule is COC(=O)N(CC#Cc1nc(N)c2ncn([C@@H]3O[C@H](C(=O)NC4CC4)C(O)C3O)c2n1)CCCO. The lowest BCUT2D eigenvalue weighted by molar-refractivity contribution is -0.137. The van der Waals surface area contributed by atoms with E-state index in [1.165, 1.54) is 22.9 Å². The Balaban J connectivity index is 1.56. The fourth-order valence-corrected chi connectivity index (χ4v) is 3.64. The van der Waals surface area contributed by atoms with E-state index in [2.05, 4.69) is 32.1 Å². The summed E-state index contributed by atoms with van der Waals surface area (Å²) in [7, 11) is 1.25. The number of ether oxygens (including phenoxy) is 2. The van der Waals surface area contributed by atoms with Gasteiger partial charge in [-0.15, -0.1) is 0 Å². The third kappa shape index (κ3) is 5.28. The van der Waals surface area contributed by atoms with Gasteiger partial charge in [0.15, 0.2) is 23.8 Å². The molecule has 1 aliphatic heterocycles. The number of nitrogens with zero attached hydrogens (tertiary/aromatic N) is 5. The third-order valence-electron chi connectivity index (χ3n) is 5.63. The Hall–Kier alpha value is -3.51. The monoisotopic (exact) mass is 489 g/mol. The van der Waals surface area contributed by atoms with Crippen molar-refractivity contribution in [1.82, 2.24) is 29.7 Å². The zero-order valence-corrected chi connectivity index (χ0v) is 19.0. The lowest BCUT2D eigenvalue weighted by atomic mass is 10.1. The topological polar surface area (TPSA) is 198 Å². The molecule has 0 aromatic carbocycles. The second-order valence-electron chi connectivity index (χ2n) is 8.24. The summed E-state index contributed by atoms with van der Waals surface area (Å²) >= 11 is 0. The van der Waals surface area contributed by atoms with Crippen LogP contribution in [0.4, 0.5) is 10.6 Å². The summed E-state index contributed by atoms with van der Waals surface area (Å²) in [5.41, 5.74) is 6.43. The summed E-state index contributed by atoms with van der Waals surface area (Å²) in [5, 5.41) is 32.7. The maximum atomic E-state index is 12.4. The summed E-state index contributed by atoms with van der Waals surface area (Å²) in [6, 6.07) is 0.0657. The average molecular weight is 489 g/mol. The molecule has 0 bridgehead atoms. The van der Waals surface area contributed by atoms with Gasteiger partial charge in [-0.05, 0) is 25.2 Å². The minimum Gasteiger partial charge on any atom is -0.453 e. The molecular weight excluding hydrogens is 462 g/mol. The van der Waals surface area contributed by atoms with Gasteiger partial charge in [-0.3, -0.25) is 14.3 Å². The normalized spacial score (nSPS) is 23.5. The second kappa shape index (κ2) is 10.4. The Morgan fingerprint density at radius 2 is 2.11 bits per heavy atom. The van der Waals surface area contributed by atoms with Crippen LogP contribution in [0, 0.1) is 11.8 Å². The molecular formula is C21H27N7O7. The lowest BCUT2D eigenvalue weighted by Gasteiger charge is -2.17. The van der Waals surface area contributed by atoms with Crippen LogP contribution in [-0.2, 0) is 14.3 Å². The number of aliphatic hydroxyl groups is 3. The quantitative estimate of drug-likeness (QED) is 0.272. The Bertz CT molecular complexity index is 1160. The summed E-state index contributed by atoms with van der Waals surface area (Å²) in [5.74, 6) is 5.05. The smallest absolute Gasteiger partial charge is 0.410 e. The molecule has 35 heavy (non-hydrogen) atoms. The average Bonchev–Trinajstić information content (AvgIpc) is 3.48. The van der Waals surface area contributed by atoms with E-state index >= 15 is 0 Å². The molecule has 6 N–H and O–H groups in total. The number of hydrogen-bond acceptors (Lipinski definition) is 11. The van der Waals surface area contributed by atoms with Crippen LogP contribution in [0.25, 0.3) is 11.2 Å². The minimum absolute atomic E-state index is 0.00165. The molecule has 2 unspecified atom stereocenters. The highest BCUT2D eigenvalue weighted by molar-refractivity contribution is 5.83. The lowest BCUT2D eigenvalue weighted by Crippen LogP contribution is -2.43. The number of amides is 2. The van der Waals surface area contributed by atoms with E-state index in [1.807, 2.05) is 0 Å². The number of carbonyl (C=O) groups excluding carboxylic acids is 2. The molecule has 0 spiro atoms. The Morgan fingerprint density at radius 3 is 2.80 bits per heavy atom. The van der Waals surface area contributed by atoms with Crippen LogP contribution >= 0.6 is 0 Å². The van der Waals surface area contributed by atoms with E-state index in [0.717, 1.165) is 12.8 Å². The Labute approximate surface area is 200 Å². The number of nitrogens with one attached hydrogen (secondary N) is 1. The Kier molecular flexibility index (Phi) is 7.31. The van der Waals surface area contributed by atoms with E-state index < -0.39 is 36.5 Å². The number of hydrogen-bond donors (Lipinski definition) is 5. The summed E-state index contributed by atoms with van der Waals surface area (Å²) < 4.78 is 11.8. The van der Waals surface area contributed by atoms with Crippen molar-refractivity contribution in [3.63, 3.8) is 0 Å². The van der Waals surface area contributed by atoms with E-state index in [4.69, 9.17) is 20.3 Å². The van der Waals surface area contributed by atoms with Crippen LogP contribution < -0.4 is 11.1 Å². The van der Waals surface area contributed by atoms with Crippen molar-refractivity contribution in [2.45, 2.75) is 49.8 Å². The van der Waals surface area contributed by atoms with Crippen molar-refractivity contribution in [2.75, 3.05) is 32.5 Å². The number of carbonyl (C=O) groups is 2. The van der Waals surface area contributed by atoms with Crippen molar-refractivity contribution in [2.24, 2.45) is 0 Å². The van der Waals surface area contributed by atoms with Crippen LogP contribution in [0.1, 0.15) is 31.3 Å².